The van der Waals surface area contributed by atoms with Crippen molar-refractivity contribution in [1.82, 2.24) is 0 Å². The largest absolute Gasteiger partial charge is 0.496 e. The van der Waals surface area contributed by atoms with Crippen LogP contribution >= 0.6 is 0 Å². The number of nitrogens with one attached hydrogen (secondary N) is 1. The van der Waals surface area contributed by atoms with Gasteiger partial charge in [0.05, 0.1) is 12.5 Å². The Labute approximate surface area is 124 Å². The van der Waals surface area contributed by atoms with Crippen LogP contribution in [0.15, 0.2) is 18.2 Å². The molecule has 0 radical (unpaired) electrons. The molecule has 1 aromatic carbocycles. The predicted octanol–water partition coefficient (Wildman–Crippen LogP) is 2.10. The average Bonchev–Trinajstić information content (AvgIpc) is 2.49. The zero-order chi connectivity index (χ0) is 16.0. The van der Waals surface area contributed by atoms with Gasteiger partial charge >= 0.3 is 5.97 Å². The Balaban J connectivity index is 3.03. The standard InChI is InChI=1S/C15H22N2O4/c1-4-15(5-2,9-16)14(20)17-10-6-7-11(13(18)19)12(8-10)21-3/h6-8H,4-5,9,16H2,1-3H3,(H,17,20)(H,18,19). The van der Waals surface area contributed by atoms with Crippen molar-refractivity contribution in [1.29, 1.82) is 0 Å². The number of hydrogen-bond acceptors (Lipinski definition) is 4. The van der Waals surface area contributed by atoms with Gasteiger partial charge in [-0.25, -0.2) is 4.79 Å². The Hall–Kier alpha value is -2.08. The highest BCUT2D eigenvalue weighted by Gasteiger charge is 2.33. The number of rotatable bonds is 7. The maximum Gasteiger partial charge on any atom is 0.339 e. The molecule has 1 amide bonds. The fourth-order valence-electron chi connectivity index (χ4n) is 2.16. The second kappa shape index (κ2) is 7.08. The van der Waals surface area contributed by atoms with E-state index in [0.717, 1.165) is 0 Å². The number of carbonyl (C=O) groups excluding carboxylic acids is 1. The Kier molecular flexibility index (Phi) is 5.72. The van der Waals surface area contributed by atoms with Gasteiger partial charge in [-0.1, -0.05) is 13.8 Å². The summed E-state index contributed by atoms with van der Waals surface area (Å²) in [5.41, 5.74) is 5.66. The summed E-state index contributed by atoms with van der Waals surface area (Å²) < 4.78 is 5.04. The van der Waals surface area contributed by atoms with Crippen LogP contribution in [0.3, 0.4) is 0 Å². The molecule has 0 atom stereocenters. The molecule has 1 rings (SSSR count). The monoisotopic (exact) mass is 294 g/mol. The van der Waals surface area contributed by atoms with E-state index in [0.29, 0.717) is 18.5 Å². The second-order valence-corrected chi connectivity index (χ2v) is 4.87. The van der Waals surface area contributed by atoms with Gasteiger partial charge in [-0.15, -0.1) is 0 Å². The minimum absolute atomic E-state index is 0.0478. The summed E-state index contributed by atoms with van der Waals surface area (Å²) in [5.74, 6) is -1.05. The van der Waals surface area contributed by atoms with Crippen LogP contribution in [-0.2, 0) is 4.79 Å². The van der Waals surface area contributed by atoms with Crippen molar-refractivity contribution in [2.75, 3.05) is 19.0 Å². The van der Waals surface area contributed by atoms with Gasteiger partial charge in [0, 0.05) is 18.3 Å². The number of ether oxygens (including phenoxy) is 1. The summed E-state index contributed by atoms with van der Waals surface area (Å²) in [5, 5.41) is 11.8. The number of methoxy groups -OCH3 is 1. The molecule has 116 valence electrons. The van der Waals surface area contributed by atoms with Crippen molar-refractivity contribution >= 4 is 17.6 Å². The van der Waals surface area contributed by atoms with Crippen LogP contribution < -0.4 is 15.8 Å². The van der Waals surface area contributed by atoms with Crippen molar-refractivity contribution < 1.29 is 19.4 Å². The number of anilines is 1. The lowest BCUT2D eigenvalue weighted by Crippen LogP contribution is -2.41. The van der Waals surface area contributed by atoms with Gasteiger partial charge in [0.2, 0.25) is 5.91 Å². The maximum absolute atomic E-state index is 12.4. The topological polar surface area (TPSA) is 102 Å². The Morgan fingerprint density at radius 2 is 1.95 bits per heavy atom. The van der Waals surface area contributed by atoms with Gasteiger partial charge in [-0.2, -0.15) is 0 Å². The highest BCUT2D eigenvalue weighted by molar-refractivity contribution is 5.97. The minimum atomic E-state index is -1.08. The lowest BCUT2D eigenvalue weighted by Gasteiger charge is -2.28. The molecule has 21 heavy (non-hydrogen) atoms. The van der Waals surface area contributed by atoms with Crippen molar-refractivity contribution in [3.8, 4) is 5.75 Å². The summed E-state index contributed by atoms with van der Waals surface area (Å²) in [7, 11) is 1.38. The zero-order valence-electron chi connectivity index (χ0n) is 12.6. The molecule has 6 nitrogen and oxygen atoms in total. The third-order valence-electron chi connectivity index (χ3n) is 3.92. The molecule has 0 unspecified atom stereocenters. The van der Waals surface area contributed by atoms with E-state index in [4.69, 9.17) is 15.6 Å². The van der Waals surface area contributed by atoms with Gasteiger partial charge in [0.25, 0.3) is 0 Å². The lowest BCUT2D eigenvalue weighted by molar-refractivity contribution is -0.125. The first-order valence-electron chi connectivity index (χ1n) is 6.87. The first-order valence-corrected chi connectivity index (χ1v) is 6.87. The zero-order valence-corrected chi connectivity index (χ0v) is 12.6. The summed E-state index contributed by atoms with van der Waals surface area (Å²) in [6.07, 6.45) is 1.27. The fourth-order valence-corrected chi connectivity index (χ4v) is 2.16. The molecule has 4 N–H and O–H groups in total. The van der Waals surface area contributed by atoms with Crippen LogP contribution in [0.5, 0.6) is 5.75 Å². The highest BCUT2D eigenvalue weighted by Crippen LogP contribution is 2.29. The predicted molar refractivity (Wildman–Crippen MR) is 80.7 cm³/mol. The van der Waals surface area contributed by atoms with E-state index in [-0.39, 0.29) is 23.8 Å². The third-order valence-corrected chi connectivity index (χ3v) is 3.92. The maximum atomic E-state index is 12.4. The molecular formula is C15H22N2O4. The first-order chi connectivity index (χ1) is 9.93. The number of hydrogen-bond donors (Lipinski definition) is 3. The van der Waals surface area contributed by atoms with E-state index in [1.54, 1.807) is 0 Å². The van der Waals surface area contributed by atoms with Crippen LogP contribution in [0.4, 0.5) is 5.69 Å². The molecular weight excluding hydrogens is 272 g/mol. The van der Waals surface area contributed by atoms with E-state index < -0.39 is 11.4 Å². The molecule has 0 aromatic heterocycles. The molecule has 0 aliphatic rings. The number of carbonyl (C=O) groups is 2. The molecule has 0 bridgehead atoms. The summed E-state index contributed by atoms with van der Waals surface area (Å²) in [6.45, 7) is 4.10. The number of nitrogens with two attached hydrogens (primary N) is 1. The smallest absolute Gasteiger partial charge is 0.339 e. The van der Waals surface area contributed by atoms with E-state index >= 15 is 0 Å². The van der Waals surface area contributed by atoms with Crippen LogP contribution in [-0.4, -0.2) is 30.6 Å². The van der Waals surface area contributed by atoms with Crippen LogP contribution in [0.1, 0.15) is 37.0 Å². The van der Waals surface area contributed by atoms with Crippen molar-refractivity contribution in [2.45, 2.75) is 26.7 Å². The Bertz CT molecular complexity index is 516. The van der Waals surface area contributed by atoms with Crippen LogP contribution in [0.25, 0.3) is 0 Å². The van der Waals surface area contributed by atoms with Gasteiger partial charge in [-0.05, 0) is 25.0 Å². The minimum Gasteiger partial charge on any atom is -0.496 e. The average molecular weight is 294 g/mol. The van der Waals surface area contributed by atoms with Crippen molar-refractivity contribution in [2.24, 2.45) is 11.1 Å². The van der Waals surface area contributed by atoms with Gasteiger partial charge in [0.1, 0.15) is 11.3 Å². The SMILES string of the molecule is CCC(CC)(CN)C(=O)Nc1ccc(C(=O)O)c(OC)c1. The molecule has 0 heterocycles. The van der Waals surface area contributed by atoms with Crippen molar-refractivity contribution in [3.05, 3.63) is 23.8 Å². The first kappa shape index (κ1) is 17.0. The second-order valence-electron chi connectivity index (χ2n) is 4.87. The van der Waals surface area contributed by atoms with E-state index in [1.165, 1.54) is 25.3 Å². The molecule has 0 aliphatic carbocycles. The van der Waals surface area contributed by atoms with Crippen molar-refractivity contribution in [3.63, 3.8) is 0 Å². The van der Waals surface area contributed by atoms with Gasteiger partial charge in [-0.3, -0.25) is 4.79 Å². The fraction of sp³-hybridized carbons (Fsp3) is 0.467. The summed E-state index contributed by atoms with van der Waals surface area (Å²) in [4.78, 5) is 23.4. The van der Waals surface area contributed by atoms with Crippen LogP contribution in [0, 0.1) is 5.41 Å². The van der Waals surface area contributed by atoms with Gasteiger partial charge in [0.15, 0.2) is 0 Å². The number of aromatic carboxylic acids is 1. The van der Waals surface area contributed by atoms with E-state index in [2.05, 4.69) is 5.32 Å². The molecule has 0 aliphatic heterocycles. The number of carboxylic acids is 1. The van der Waals surface area contributed by atoms with E-state index in [1.807, 2.05) is 13.8 Å². The third kappa shape index (κ3) is 3.52. The molecule has 0 fully saturated rings. The highest BCUT2D eigenvalue weighted by atomic mass is 16.5. The number of benzene rings is 1. The number of amides is 1. The Morgan fingerprint density at radius 1 is 1.33 bits per heavy atom. The molecule has 6 heteroatoms. The molecule has 1 aromatic rings. The summed E-state index contributed by atoms with van der Waals surface area (Å²) in [6, 6.07) is 4.43. The van der Waals surface area contributed by atoms with Gasteiger partial charge < -0.3 is 20.9 Å². The number of carboxylic acid groups (broad SMARTS) is 1. The lowest BCUT2D eigenvalue weighted by atomic mass is 9.81. The van der Waals surface area contributed by atoms with Crippen LogP contribution in [0.2, 0.25) is 0 Å². The molecule has 0 spiro atoms. The Morgan fingerprint density at radius 3 is 2.38 bits per heavy atom. The molecule has 0 saturated carbocycles. The normalized spacial score (nSPS) is 11.0. The van der Waals surface area contributed by atoms with E-state index in [9.17, 15) is 9.59 Å². The molecule has 0 saturated heterocycles. The summed E-state index contributed by atoms with van der Waals surface area (Å²) >= 11 is 0. The quantitative estimate of drug-likeness (QED) is 0.714.